The molecule has 1 aliphatic rings. The second-order valence-electron chi connectivity index (χ2n) is 5.71. The lowest BCUT2D eigenvalue weighted by atomic mass is 10.0. The van der Waals surface area contributed by atoms with Gasteiger partial charge in [0.25, 0.3) is 5.91 Å². The number of carboxylic acids is 1. The number of hydrogen-bond donors (Lipinski definition) is 1. The van der Waals surface area contributed by atoms with E-state index in [1.807, 2.05) is 0 Å². The fourth-order valence-corrected chi connectivity index (χ4v) is 2.84. The Kier molecular flexibility index (Phi) is 6.30. The average molecular weight is 359 g/mol. The fourth-order valence-electron chi connectivity index (χ4n) is 2.84. The third kappa shape index (κ3) is 3.83. The van der Waals surface area contributed by atoms with Gasteiger partial charge in [-0.15, -0.1) is 0 Å². The van der Waals surface area contributed by atoms with Crippen LogP contribution < -0.4 is 0 Å². The monoisotopic (exact) mass is 359 g/mol. The molecule has 0 spiro atoms. The minimum absolute atomic E-state index is 0.0486. The van der Waals surface area contributed by atoms with Crippen LogP contribution in [0.1, 0.15) is 29.3 Å². The van der Waals surface area contributed by atoms with Crippen LogP contribution in [-0.2, 0) is 19.1 Å². The first-order valence-electron chi connectivity index (χ1n) is 8.06. The quantitative estimate of drug-likeness (QED) is 0.455. The van der Waals surface area contributed by atoms with E-state index in [1.165, 1.54) is 24.2 Å². The van der Waals surface area contributed by atoms with Gasteiger partial charge in [0.2, 0.25) is 0 Å². The van der Waals surface area contributed by atoms with Crippen LogP contribution in [0.3, 0.4) is 0 Å². The highest BCUT2D eigenvalue weighted by atomic mass is 16.5. The molecular formula is C19H21NO6. The number of carboxylic acid groups (broad SMARTS) is 1. The zero-order valence-electron chi connectivity index (χ0n) is 14.9. The number of rotatable bonds is 7. The van der Waals surface area contributed by atoms with Gasteiger partial charge in [0, 0.05) is 26.0 Å². The van der Waals surface area contributed by atoms with Crippen LogP contribution in [0.5, 0.6) is 0 Å². The van der Waals surface area contributed by atoms with E-state index in [0.29, 0.717) is 30.8 Å². The summed E-state index contributed by atoms with van der Waals surface area (Å²) >= 11 is 0. The first kappa shape index (κ1) is 19.4. The number of aromatic carboxylic acids is 1. The van der Waals surface area contributed by atoms with E-state index < -0.39 is 11.9 Å². The highest BCUT2D eigenvalue weighted by Gasteiger charge is 2.36. The topological polar surface area (TPSA) is 93.1 Å². The molecule has 1 aliphatic heterocycles. The van der Waals surface area contributed by atoms with Crippen LogP contribution >= 0.6 is 0 Å². The average Bonchev–Trinajstić information content (AvgIpc) is 2.86. The van der Waals surface area contributed by atoms with Crippen molar-refractivity contribution in [2.75, 3.05) is 27.4 Å². The van der Waals surface area contributed by atoms with Gasteiger partial charge < -0.3 is 19.5 Å². The molecule has 1 aromatic carbocycles. The maximum atomic E-state index is 12.8. The van der Waals surface area contributed by atoms with Crippen molar-refractivity contribution in [2.24, 2.45) is 0 Å². The van der Waals surface area contributed by atoms with Crippen LogP contribution in [0.25, 0.3) is 6.08 Å². The molecule has 1 N–H and O–H groups in total. The van der Waals surface area contributed by atoms with Crippen molar-refractivity contribution in [1.29, 1.82) is 0 Å². The Balaban J connectivity index is 2.51. The molecule has 0 saturated carbocycles. The number of carbonyl (C=O) groups excluding carboxylic acids is 2. The van der Waals surface area contributed by atoms with Crippen molar-refractivity contribution >= 4 is 23.9 Å². The number of methoxy groups -OCH3 is 2. The molecule has 2 rings (SSSR count). The van der Waals surface area contributed by atoms with Crippen LogP contribution in [0.2, 0.25) is 0 Å². The smallest absolute Gasteiger partial charge is 0.340 e. The molecule has 0 unspecified atom stereocenters. The van der Waals surface area contributed by atoms with Crippen LogP contribution in [0.15, 0.2) is 41.1 Å². The van der Waals surface area contributed by atoms with E-state index in [2.05, 4.69) is 0 Å². The molecule has 7 heteroatoms. The van der Waals surface area contributed by atoms with Crippen molar-refractivity contribution in [2.45, 2.75) is 13.3 Å². The van der Waals surface area contributed by atoms with Crippen molar-refractivity contribution in [3.8, 4) is 0 Å². The number of esters is 1. The summed E-state index contributed by atoms with van der Waals surface area (Å²) in [5, 5.41) is 9.33. The first-order chi connectivity index (χ1) is 12.4. The van der Waals surface area contributed by atoms with E-state index in [1.54, 1.807) is 32.2 Å². The number of amides is 1. The summed E-state index contributed by atoms with van der Waals surface area (Å²) in [4.78, 5) is 38.0. The maximum absolute atomic E-state index is 12.8. The van der Waals surface area contributed by atoms with Gasteiger partial charge in [-0.3, -0.25) is 4.79 Å². The summed E-state index contributed by atoms with van der Waals surface area (Å²) in [6.07, 6.45) is 2.03. The molecule has 0 aliphatic carbocycles. The maximum Gasteiger partial charge on any atom is 0.340 e. The van der Waals surface area contributed by atoms with Gasteiger partial charge in [0.05, 0.1) is 23.8 Å². The lowest BCUT2D eigenvalue weighted by Gasteiger charge is -2.17. The molecule has 0 aromatic heterocycles. The Bertz CT molecular complexity index is 793. The molecule has 0 saturated heterocycles. The molecule has 1 heterocycles. The molecule has 0 radical (unpaired) electrons. The summed E-state index contributed by atoms with van der Waals surface area (Å²) < 4.78 is 9.82. The van der Waals surface area contributed by atoms with Crippen molar-refractivity contribution in [1.82, 2.24) is 4.90 Å². The van der Waals surface area contributed by atoms with Crippen molar-refractivity contribution in [3.05, 3.63) is 52.2 Å². The second-order valence-corrected chi connectivity index (χ2v) is 5.71. The van der Waals surface area contributed by atoms with Crippen LogP contribution in [-0.4, -0.2) is 55.2 Å². The summed E-state index contributed by atoms with van der Waals surface area (Å²) in [6.45, 7) is 2.53. The summed E-state index contributed by atoms with van der Waals surface area (Å²) in [5.74, 6) is -2.11. The number of benzene rings is 1. The minimum Gasteiger partial charge on any atom is -0.478 e. The SMILES string of the molecule is COCCCN1C(=O)/C(=C\c2ccccc2C(=O)O)C(C(=O)OC)=C1C. The Morgan fingerprint density at radius 1 is 1.23 bits per heavy atom. The first-order valence-corrected chi connectivity index (χ1v) is 8.06. The van der Waals surface area contributed by atoms with E-state index >= 15 is 0 Å². The van der Waals surface area contributed by atoms with Gasteiger partial charge in [0.15, 0.2) is 0 Å². The lowest BCUT2D eigenvalue weighted by molar-refractivity contribution is -0.136. The van der Waals surface area contributed by atoms with Gasteiger partial charge >= 0.3 is 11.9 Å². The Hall–Kier alpha value is -2.93. The van der Waals surface area contributed by atoms with Gasteiger partial charge in [-0.05, 0) is 31.1 Å². The van der Waals surface area contributed by atoms with Crippen molar-refractivity contribution in [3.63, 3.8) is 0 Å². The molecular weight excluding hydrogens is 338 g/mol. The molecule has 7 nitrogen and oxygen atoms in total. The molecule has 26 heavy (non-hydrogen) atoms. The molecule has 0 fully saturated rings. The number of hydrogen-bond acceptors (Lipinski definition) is 5. The molecule has 0 atom stereocenters. The zero-order chi connectivity index (χ0) is 19.3. The number of allylic oxidation sites excluding steroid dienone is 1. The summed E-state index contributed by atoms with van der Waals surface area (Å²) in [6, 6.07) is 6.30. The van der Waals surface area contributed by atoms with Gasteiger partial charge in [-0.25, -0.2) is 9.59 Å². The van der Waals surface area contributed by atoms with E-state index in [4.69, 9.17) is 9.47 Å². The number of nitrogens with zero attached hydrogens (tertiary/aromatic N) is 1. The van der Waals surface area contributed by atoms with Gasteiger partial charge in [0.1, 0.15) is 0 Å². The summed E-state index contributed by atoms with van der Waals surface area (Å²) in [7, 11) is 2.81. The standard InChI is InChI=1S/C19H21NO6/c1-12-16(19(24)26-3)15(17(21)20(12)9-6-10-25-2)11-13-7-4-5-8-14(13)18(22)23/h4-5,7-8,11H,6,9-10H2,1-3H3,(H,22,23)/b15-11-. The normalized spacial score (nSPS) is 15.7. The molecule has 138 valence electrons. The van der Waals surface area contributed by atoms with Crippen molar-refractivity contribution < 1.29 is 29.0 Å². The fraction of sp³-hybridized carbons (Fsp3) is 0.316. The van der Waals surface area contributed by atoms with E-state index in [9.17, 15) is 19.5 Å². The molecule has 0 bridgehead atoms. The molecule has 1 amide bonds. The van der Waals surface area contributed by atoms with Crippen LogP contribution in [0.4, 0.5) is 0 Å². The zero-order valence-corrected chi connectivity index (χ0v) is 14.9. The lowest BCUT2D eigenvalue weighted by Crippen LogP contribution is -2.27. The predicted octanol–water partition coefficient (Wildman–Crippen LogP) is 2.09. The number of carbonyl (C=O) groups is 3. The van der Waals surface area contributed by atoms with E-state index in [-0.39, 0.29) is 22.6 Å². The number of ether oxygens (including phenoxy) is 2. The third-order valence-corrected chi connectivity index (χ3v) is 4.12. The Morgan fingerprint density at radius 2 is 1.92 bits per heavy atom. The highest BCUT2D eigenvalue weighted by molar-refractivity contribution is 6.16. The highest BCUT2D eigenvalue weighted by Crippen LogP contribution is 2.32. The van der Waals surface area contributed by atoms with Gasteiger partial charge in [-0.1, -0.05) is 18.2 Å². The second kappa shape index (κ2) is 8.44. The van der Waals surface area contributed by atoms with Gasteiger partial charge in [-0.2, -0.15) is 0 Å². The largest absolute Gasteiger partial charge is 0.478 e. The van der Waals surface area contributed by atoms with E-state index in [0.717, 1.165) is 0 Å². The third-order valence-electron chi connectivity index (χ3n) is 4.12. The minimum atomic E-state index is -1.11. The predicted molar refractivity (Wildman–Crippen MR) is 94.3 cm³/mol. The molecule has 1 aromatic rings. The summed E-state index contributed by atoms with van der Waals surface area (Å²) in [5.41, 5.74) is 1.15. The Labute approximate surface area is 151 Å². The van der Waals surface area contributed by atoms with Crippen LogP contribution in [0, 0.1) is 0 Å². The Morgan fingerprint density at radius 3 is 2.54 bits per heavy atom.